The number of methoxy groups -OCH3 is 1. The molecule has 0 saturated carbocycles. The van der Waals surface area contributed by atoms with E-state index in [4.69, 9.17) is 4.74 Å². The second-order valence-corrected chi connectivity index (χ2v) is 4.13. The molecule has 3 nitrogen and oxygen atoms in total. The summed E-state index contributed by atoms with van der Waals surface area (Å²) >= 11 is 0. The smallest absolute Gasteiger partial charge is 0.160 e. The average Bonchev–Trinajstić information content (AvgIpc) is 2.40. The van der Waals surface area contributed by atoms with Crippen molar-refractivity contribution < 1.29 is 13.5 Å². The maximum Gasteiger partial charge on any atom is 0.160 e. The Labute approximate surface area is 110 Å². The first-order valence-electron chi connectivity index (χ1n) is 5.78. The molecule has 1 aromatic carbocycles. The van der Waals surface area contributed by atoms with Crippen LogP contribution in [0.25, 0.3) is 0 Å². The summed E-state index contributed by atoms with van der Waals surface area (Å²) in [6, 6.07) is 5.65. The second-order valence-electron chi connectivity index (χ2n) is 4.13. The van der Waals surface area contributed by atoms with Gasteiger partial charge in [0.05, 0.1) is 19.0 Å². The minimum absolute atomic E-state index is 0.372. The predicted molar refractivity (Wildman–Crippen MR) is 69.2 cm³/mol. The van der Waals surface area contributed by atoms with Gasteiger partial charge in [-0.2, -0.15) is 0 Å². The molecular formula is C14H14F2N2O. The summed E-state index contributed by atoms with van der Waals surface area (Å²) in [6.07, 6.45) is 1.61. The van der Waals surface area contributed by atoms with E-state index in [0.29, 0.717) is 17.9 Å². The summed E-state index contributed by atoms with van der Waals surface area (Å²) in [5, 5.41) is 3.11. The number of hydrogen-bond acceptors (Lipinski definition) is 3. The van der Waals surface area contributed by atoms with Gasteiger partial charge in [-0.3, -0.25) is 4.98 Å². The normalized spacial score (nSPS) is 10.3. The van der Waals surface area contributed by atoms with Gasteiger partial charge in [-0.25, -0.2) is 8.78 Å². The van der Waals surface area contributed by atoms with Gasteiger partial charge in [0.15, 0.2) is 17.4 Å². The molecule has 1 aromatic heterocycles. The van der Waals surface area contributed by atoms with E-state index in [1.165, 1.54) is 12.1 Å². The van der Waals surface area contributed by atoms with Crippen LogP contribution in [0.2, 0.25) is 0 Å². The molecule has 1 N–H and O–H groups in total. The van der Waals surface area contributed by atoms with Gasteiger partial charge < -0.3 is 10.1 Å². The lowest BCUT2D eigenvalue weighted by molar-refractivity contribution is 0.414. The van der Waals surface area contributed by atoms with E-state index in [-0.39, 0.29) is 0 Å². The molecule has 0 atom stereocenters. The highest BCUT2D eigenvalue weighted by Gasteiger charge is 2.06. The van der Waals surface area contributed by atoms with Gasteiger partial charge in [0.1, 0.15) is 0 Å². The Bertz CT molecular complexity index is 588. The fraction of sp³-hybridized carbons (Fsp3) is 0.214. The van der Waals surface area contributed by atoms with Crippen molar-refractivity contribution in [1.29, 1.82) is 0 Å². The zero-order chi connectivity index (χ0) is 13.8. The van der Waals surface area contributed by atoms with Crippen molar-refractivity contribution in [2.24, 2.45) is 0 Å². The highest BCUT2D eigenvalue weighted by atomic mass is 19.2. The van der Waals surface area contributed by atoms with Gasteiger partial charge in [0.2, 0.25) is 0 Å². The van der Waals surface area contributed by atoms with E-state index in [2.05, 4.69) is 10.3 Å². The number of nitrogens with zero attached hydrogens (tertiary/aromatic N) is 1. The number of ether oxygens (including phenoxy) is 1. The Kier molecular flexibility index (Phi) is 3.94. The minimum atomic E-state index is -0.850. The van der Waals surface area contributed by atoms with Crippen molar-refractivity contribution in [2.75, 3.05) is 12.4 Å². The number of halogens is 2. The van der Waals surface area contributed by atoms with E-state index in [1.54, 1.807) is 13.3 Å². The monoisotopic (exact) mass is 264 g/mol. The summed E-state index contributed by atoms with van der Waals surface area (Å²) in [5.74, 6) is -1.09. The molecule has 0 amide bonds. The van der Waals surface area contributed by atoms with Gasteiger partial charge >= 0.3 is 0 Å². The van der Waals surface area contributed by atoms with Gasteiger partial charge in [-0.15, -0.1) is 0 Å². The molecule has 100 valence electrons. The predicted octanol–water partition coefficient (Wildman–Crippen LogP) is 3.29. The lowest BCUT2D eigenvalue weighted by Crippen LogP contribution is -2.03. The quantitative estimate of drug-likeness (QED) is 0.920. The van der Waals surface area contributed by atoms with Gasteiger partial charge in [-0.1, -0.05) is 6.07 Å². The SMILES string of the molecule is COc1cnc(C)cc1NCc1ccc(F)c(F)c1. The largest absolute Gasteiger partial charge is 0.493 e. The van der Waals surface area contributed by atoms with Crippen LogP contribution >= 0.6 is 0 Å². The van der Waals surface area contributed by atoms with E-state index >= 15 is 0 Å². The number of hydrogen-bond donors (Lipinski definition) is 1. The zero-order valence-corrected chi connectivity index (χ0v) is 10.7. The van der Waals surface area contributed by atoms with Crippen molar-refractivity contribution in [1.82, 2.24) is 4.98 Å². The first-order valence-corrected chi connectivity index (χ1v) is 5.78. The van der Waals surface area contributed by atoms with Crippen molar-refractivity contribution in [3.8, 4) is 5.75 Å². The molecule has 0 spiro atoms. The van der Waals surface area contributed by atoms with Crippen LogP contribution in [0.3, 0.4) is 0 Å². The molecule has 0 bridgehead atoms. The molecule has 0 saturated heterocycles. The molecule has 1 heterocycles. The number of aromatic nitrogens is 1. The number of aryl methyl sites for hydroxylation is 1. The van der Waals surface area contributed by atoms with Crippen LogP contribution in [-0.2, 0) is 6.54 Å². The Morgan fingerprint density at radius 1 is 1.21 bits per heavy atom. The number of nitrogens with one attached hydrogen (secondary N) is 1. The molecule has 0 fully saturated rings. The third kappa shape index (κ3) is 3.19. The van der Waals surface area contributed by atoms with Crippen LogP contribution < -0.4 is 10.1 Å². The van der Waals surface area contributed by atoms with Crippen LogP contribution in [0.4, 0.5) is 14.5 Å². The number of rotatable bonds is 4. The summed E-state index contributed by atoms with van der Waals surface area (Å²) in [5.41, 5.74) is 2.25. The first kappa shape index (κ1) is 13.3. The minimum Gasteiger partial charge on any atom is -0.493 e. The van der Waals surface area contributed by atoms with E-state index in [1.807, 2.05) is 13.0 Å². The van der Waals surface area contributed by atoms with Crippen molar-refractivity contribution in [2.45, 2.75) is 13.5 Å². The molecule has 0 unspecified atom stereocenters. The lowest BCUT2D eigenvalue weighted by atomic mass is 10.2. The van der Waals surface area contributed by atoms with E-state index in [9.17, 15) is 8.78 Å². The molecular weight excluding hydrogens is 250 g/mol. The topological polar surface area (TPSA) is 34.1 Å². The van der Waals surface area contributed by atoms with Crippen LogP contribution in [0.15, 0.2) is 30.5 Å². The first-order chi connectivity index (χ1) is 9.10. The molecule has 2 aromatic rings. The molecule has 0 aliphatic carbocycles. The molecule has 2 rings (SSSR count). The van der Waals surface area contributed by atoms with Gasteiger partial charge in [0, 0.05) is 12.2 Å². The zero-order valence-electron chi connectivity index (χ0n) is 10.7. The van der Waals surface area contributed by atoms with Crippen molar-refractivity contribution in [3.05, 3.63) is 53.4 Å². The van der Waals surface area contributed by atoms with Crippen LogP contribution in [-0.4, -0.2) is 12.1 Å². The van der Waals surface area contributed by atoms with Gasteiger partial charge in [0.25, 0.3) is 0 Å². The highest BCUT2D eigenvalue weighted by Crippen LogP contribution is 2.24. The average molecular weight is 264 g/mol. The number of anilines is 1. The Balaban J connectivity index is 2.13. The molecule has 19 heavy (non-hydrogen) atoms. The van der Waals surface area contributed by atoms with E-state index < -0.39 is 11.6 Å². The molecule has 5 heteroatoms. The van der Waals surface area contributed by atoms with Crippen LogP contribution in [0, 0.1) is 18.6 Å². The Morgan fingerprint density at radius 2 is 2.00 bits per heavy atom. The molecule has 0 aliphatic heterocycles. The number of benzene rings is 1. The third-order valence-corrected chi connectivity index (χ3v) is 2.69. The Hall–Kier alpha value is -2.17. The summed E-state index contributed by atoms with van der Waals surface area (Å²) in [6.45, 7) is 2.24. The van der Waals surface area contributed by atoms with Crippen molar-refractivity contribution in [3.63, 3.8) is 0 Å². The number of pyridine rings is 1. The fourth-order valence-corrected chi connectivity index (χ4v) is 1.69. The lowest BCUT2D eigenvalue weighted by Gasteiger charge is -2.11. The summed E-state index contributed by atoms with van der Waals surface area (Å²) < 4.78 is 31.1. The highest BCUT2D eigenvalue weighted by molar-refractivity contribution is 5.56. The van der Waals surface area contributed by atoms with Gasteiger partial charge in [-0.05, 0) is 30.7 Å². The van der Waals surface area contributed by atoms with Crippen LogP contribution in [0.5, 0.6) is 5.75 Å². The maximum absolute atomic E-state index is 13.1. The second kappa shape index (κ2) is 5.65. The summed E-state index contributed by atoms with van der Waals surface area (Å²) in [7, 11) is 1.55. The molecule has 0 radical (unpaired) electrons. The van der Waals surface area contributed by atoms with Crippen molar-refractivity contribution >= 4 is 5.69 Å². The standard InChI is InChI=1S/C14H14F2N2O/c1-9-5-13(14(19-2)8-17-9)18-7-10-3-4-11(15)12(16)6-10/h3-6,8H,7H2,1-2H3,(H,17,18). The molecule has 0 aliphatic rings. The Morgan fingerprint density at radius 3 is 2.68 bits per heavy atom. The summed E-state index contributed by atoms with van der Waals surface area (Å²) in [4.78, 5) is 4.12. The fourth-order valence-electron chi connectivity index (χ4n) is 1.69. The third-order valence-electron chi connectivity index (χ3n) is 2.69. The maximum atomic E-state index is 13.1. The van der Waals surface area contributed by atoms with E-state index in [0.717, 1.165) is 17.4 Å². The van der Waals surface area contributed by atoms with Crippen LogP contribution in [0.1, 0.15) is 11.3 Å².